The molecule has 182 valence electrons. The van der Waals surface area contributed by atoms with Gasteiger partial charge in [-0.1, -0.05) is 49.7 Å². The van der Waals surface area contributed by atoms with Crippen LogP contribution in [0.4, 0.5) is 5.69 Å². The van der Waals surface area contributed by atoms with Crippen molar-refractivity contribution in [3.63, 3.8) is 0 Å². The van der Waals surface area contributed by atoms with Crippen LogP contribution in [0.15, 0.2) is 48.5 Å². The van der Waals surface area contributed by atoms with E-state index in [2.05, 4.69) is 30.0 Å². The Morgan fingerprint density at radius 3 is 2.47 bits per heavy atom. The minimum absolute atomic E-state index is 0.223. The number of ketones is 1. The van der Waals surface area contributed by atoms with E-state index in [1.807, 2.05) is 35.2 Å². The molecule has 0 radical (unpaired) electrons. The molecule has 5 nitrogen and oxygen atoms in total. The van der Waals surface area contributed by atoms with Crippen LogP contribution < -0.4 is 9.64 Å². The van der Waals surface area contributed by atoms with Crippen molar-refractivity contribution in [2.75, 3.05) is 37.7 Å². The number of likely N-dealkylation sites (tertiary alicyclic amines) is 1. The summed E-state index contributed by atoms with van der Waals surface area (Å²) in [7, 11) is 0. The number of aryl methyl sites for hydroxylation is 1. The highest BCUT2D eigenvalue weighted by molar-refractivity contribution is 5.96. The van der Waals surface area contributed by atoms with E-state index < -0.39 is 0 Å². The number of carbonyl (C=O) groups excluding carboxylic acids is 2. The number of anilines is 1. The van der Waals surface area contributed by atoms with Crippen molar-refractivity contribution in [2.24, 2.45) is 0 Å². The lowest BCUT2D eigenvalue weighted by Gasteiger charge is -2.40. The van der Waals surface area contributed by atoms with Crippen LogP contribution >= 0.6 is 0 Å². The van der Waals surface area contributed by atoms with E-state index >= 15 is 0 Å². The first-order valence-corrected chi connectivity index (χ1v) is 12.9. The fraction of sp³-hybridized carbons (Fsp3) is 0.517. The van der Waals surface area contributed by atoms with E-state index in [1.165, 1.54) is 5.56 Å². The Morgan fingerprint density at radius 1 is 1.00 bits per heavy atom. The van der Waals surface area contributed by atoms with Gasteiger partial charge in [0.25, 0.3) is 0 Å². The lowest BCUT2D eigenvalue weighted by Crippen LogP contribution is -2.46. The van der Waals surface area contributed by atoms with Crippen LogP contribution in [0, 0.1) is 0 Å². The summed E-state index contributed by atoms with van der Waals surface area (Å²) in [5.74, 6) is 1.34. The number of nitrogens with zero attached hydrogens (tertiary/aromatic N) is 2. The number of hydrogen-bond donors (Lipinski definition) is 0. The standard InChI is InChI=1S/C29H38N2O3/c1-3-4-18-31-27-22-26(13-11-24(27)12-14-28(31)33)34-21-8-17-30-19-15-29(16-20-30,23(2)32)25-9-6-5-7-10-25/h5-7,9-11,13,22H,3-4,8,12,14-21H2,1-2H3. The molecule has 5 heteroatoms. The normalized spacial score (nSPS) is 17.9. The van der Waals surface area contributed by atoms with Crippen molar-refractivity contribution in [2.45, 2.75) is 64.2 Å². The van der Waals surface area contributed by atoms with Crippen molar-refractivity contribution in [1.82, 2.24) is 4.90 Å². The number of fused-ring (bicyclic) bond motifs is 1. The molecule has 0 atom stereocenters. The first-order chi connectivity index (χ1) is 16.5. The maximum absolute atomic E-state index is 12.6. The highest BCUT2D eigenvalue weighted by atomic mass is 16.5. The number of Topliss-reactive ketones (excluding diaryl/α,β-unsaturated/α-hetero) is 1. The summed E-state index contributed by atoms with van der Waals surface area (Å²) in [5, 5.41) is 0. The molecule has 0 spiro atoms. The summed E-state index contributed by atoms with van der Waals surface area (Å²) in [6.07, 6.45) is 6.19. The number of piperidine rings is 1. The number of carbonyl (C=O) groups is 2. The van der Waals surface area contributed by atoms with Gasteiger partial charge in [0, 0.05) is 25.6 Å². The Labute approximate surface area is 204 Å². The van der Waals surface area contributed by atoms with Gasteiger partial charge in [0.1, 0.15) is 11.5 Å². The van der Waals surface area contributed by atoms with E-state index in [9.17, 15) is 9.59 Å². The minimum atomic E-state index is -0.335. The average Bonchev–Trinajstić information content (AvgIpc) is 2.87. The molecule has 0 saturated carbocycles. The van der Waals surface area contributed by atoms with Crippen LogP contribution in [0.1, 0.15) is 63.5 Å². The van der Waals surface area contributed by atoms with Gasteiger partial charge in [0.15, 0.2) is 0 Å². The number of rotatable bonds is 10. The van der Waals surface area contributed by atoms with E-state index in [4.69, 9.17) is 4.74 Å². The van der Waals surface area contributed by atoms with E-state index in [0.29, 0.717) is 13.0 Å². The van der Waals surface area contributed by atoms with Gasteiger partial charge >= 0.3 is 0 Å². The molecule has 4 rings (SSSR count). The van der Waals surface area contributed by atoms with E-state index in [-0.39, 0.29) is 17.1 Å². The molecule has 0 bridgehead atoms. The van der Waals surface area contributed by atoms with Crippen molar-refractivity contribution >= 4 is 17.4 Å². The average molecular weight is 463 g/mol. The molecule has 1 fully saturated rings. The Balaban J connectivity index is 1.27. The van der Waals surface area contributed by atoms with Crippen LogP contribution in [0.25, 0.3) is 0 Å². The predicted octanol–water partition coefficient (Wildman–Crippen LogP) is 5.16. The summed E-state index contributed by atoms with van der Waals surface area (Å²) < 4.78 is 6.08. The van der Waals surface area contributed by atoms with Gasteiger partial charge in [-0.3, -0.25) is 9.59 Å². The number of hydrogen-bond acceptors (Lipinski definition) is 4. The summed E-state index contributed by atoms with van der Waals surface area (Å²) in [4.78, 5) is 29.4. The van der Waals surface area contributed by atoms with Crippen LogP contribution in [0.5, 0.6) is 5.75 Å². The molecule has 1 amide bonds. The molecule has 1 saturated heterocycles. The SMILES string of the molecule is CCCCN1C(=O)CCc2ccc(OCCCN3CCC(C(C)=O)(c4ccccc4)CC3)cc21. The zero-order valence-electron chi connectivity index (χ0n) is 20.7. The summed E-state index contributed by atoms with van der Waals surface area (Å²) in [5.41, 5.74) is 3.09. The number of amides is 1. The summed E-state index contributed by atoms with van der Waals surface area (Å²) >= 11 is 0. The van der Waals surface area contributed by atoms with Gasteiger partial charge in [-0.15, -0.1) is 0 Å². The van der Waals surface area contributed by atoms with Crippen LogP contribution in [0.3, 0.4) is 0 Å². The van der Waals surface area contributed by atoms with E-state index in [1.54, 1.807) is 6.92 Å². The lowest BCUT2D eigenvalue weighted by atomic mass is 9.70. The summed E-state index contributed by atoms with van der Waals surface area (Å²) in [6.45, 7) is 8.16. The van der Waals surface area contributed by atoms with Gasteiger partial charge in [0.2, 0.25) is 5.91 Å². The van der Waals surface area contributed by atoms with Gasteiger partial charge in [-0.25, -0.2) is 0 Å². The molecular formula is C29H38N2O3. The van der Waals surface area contributed by atoms with Crippen molar-refractivity contribution in [3.05, 3.63) is 59.7 Å². The first kappa shape index (κ1) is 24.5. The van der Waals surface area contributed by atoms with Crippen LogP contribution in [0.2, 0.25) is 0 Å². The van der Waals surface area contributed by atoms with Gasteiger partial charge in [-0.05, 0) is 69.3 Å². The Hall–Kier alpha value is -2.66. The molecule has 2 aromatic carbocycles. The zero-order chi connectivity index (χ0) is 24.0. The fourth-order valence-corrected chi connectivity index (χ4v) is 5.41. The monoisotopic (exact) mass is 462 g/mol. The molecule has 0 aliphatic carbocycles. The van der Waals surface area contributed by atoms with Gasteiger partial charge in [-0.2, -0.15) is 0 Å². The molecule has 2 heterocycles. The molecule has 0 N–H and O–H groups in total. The van der Waals surface area contributed by atoms with Crippen molar-refractivity contribution < 1.29 is 14.3 Å². The molecular weight excluding hydrogens is 424 g/mol. The molecule has 2 aromatic rings. The summed E-state index contributed by atoms with van der Waals surface area (Å²) in [6, 6.07) is 16.5. The third-order valence-electron chi connectivity index (χ3n) is 7.59. The quantitative estimate of drug-likeness (QED) is 0.458. The van der Waals surface area contributed by atoms with Gasteiger partial charge < -0.3 is 14.5 Å². The fourth-order valence-electron chi connectivity index (χ4n) is 5.41. The molecule has 0 aromatic heterocycles. The van der Waals surface area contributed by atoms with Crippen LogP contribution in [-0.4, -0.2) is 49.4 Å². The van der Waals surface area contributed by atoms with Gasteiger partial charge in [0.05, 0.1) is 17.7 Å². The van der Waals surface area contributed by atoms with Crippen molar-refractivity contribution in [3.8, 4) is 5.75 Å². The molecule has 2 aliphatic heterocycles. The molecule has 0 unspecified atom stereocenters. The molecule has 2 aliphatic rings. The third kappa shape index (κ3) is 5.35. The minimum Gasteiger partial charge on any atom is -0.493 e. The van der Waals surface area contributed by atoms with Crippen LogP contribution in [-0.2, 0) is 21.4 Å². The Bertz CT molecular complexity index is 980. The highest BCUT2D eigenvalue weighted by Crippen LogP contribution is 2.36. The Morgan fingerprint density at radius 2 is 1.76 bits per heavy atom. The number of benzene rings is 2. The second kappa shape index (κ2) is 11.2. The third-order valence-corrected chi connectivity index (χ3v) is 7.59. The maximum atomic E-state index is 12.6. The largest absolute Gasteiger partial charge is 0.493 e. The zero-order valence-corrected chi connectivity index (χ0v) is 20.7. The Kier molecular flexibility index (Phi) is 8.04. The lowest BCUT2D eigenvalue weighted by molar-refractivity contribution is -0.124. The maximum Gasteiger partial charge on any atom is 0.227 e. The predicted molar refractivity (Wildman–Crippen MR) is 137 cm³/mol. The first-order valence-electron chi connectivity index (χ1n) is 12.9. The van der Waals surface area contributed by atoms with E-state index in [0.717, 1.165) is 81.7 Å². The number of unbranched alkanes of at least 4 members (excludes halogenated alkanes) is 1. The number of ether oxygens (including phenoxy) is 1. The topological polar surface area (TPSA) is 49.9 Å². The molecule has 34 heavy (non-hydrogen) atoms. The smallest absolute Gasteiger partial charge is 0.227 e. The second-order valence-corrected chi connectivity index (χ2v) is 9.74. The van der Waals surface area contributed by atoms with Crippen molar-refractivity contribution in [1.29, 1.82) is 0 Å². The highest BCUT2D eigenvalue weighted by Gasteiger charge is 2.40. The second-order valence-electron chi connectivity index (χ2n) is 9.74.